The summed E-state index contributed by atoms with van der Waals surface area (Å²) in [7, 11) is 0. The molecule has 0 aromatic heterocycles. The van der Waals surface area contributed by atoms with Crippen molar-refractivity contribution in [3.63, 3.8) is 0 Å². The molecule has 0 amide bonds. The molecule has 2 nitrogen and oxygen atoms in total. The Morgan fingerprint density at radius 2 is 1.90 bits per heavy atom. The Hall–Kier alpha value is -0.740. The Labute approximate surface area is 134 Å². The molecule has 1 aliphatic rings. The first kappa shape index (κ1) is 16.6. The van der Waals surface area contributed by atoms with Crippen molar-refractivity contribution in [2.24, 2.45) is 0 Å². The van der Waals surface area contributed by atoms with Gasteiger partial charge in [-0.1, -0.05) is 41.6 Å². The maximum atomic E-state index is 13.5. The second-order valence-electron chi connectivity index (χ2n) is 5.72. The lowest BCUT2D eigenvalue weighted by Gasteiger charge is -2.31. The number of hydrogen-bond donors (Lipinski definition) is 0. The van der Waals surface area contributed by atoms with E-state index in [9.17, 15) is 9.18 Å². The lowest BCUT2D eigenvalue weighted by Crippen LogP contribution is -2.42. The van der Waals surface area contributed by atoms with Crippen LogP contribution in [0, 0.1) is 5.82 Å². The molecule has 21 heavy (non-hydrogen) atoms. The number of rotatable bonds is 5. The summed E-state index contributed by atoms with van der Waals surface area (Å²) in [6, 6.07) is 4.63. The Morgan fingerprint density at radius 1 is 1.24 bits per heavy atom. The maximum absolute atomic E-state index is 13.5. The molecule has 1 aliphatic carbocycles. The Balaban J connectivity index is 2.17. The number of carbonyl (C=O) groups is 1. The number of benzene rings is 1. The SMILES string of the molecule is CCOC1(C(=O)Cc2cc(F)cc(Br)c2)CCCCCC1. The highest BCUT2D eigenvalue weighted by molar-refractivity contribution is 9.10. The van der Waals surface area contributed by atoms with Gasteiger partial charge in [0.25, 0.3) is 0 Å². The summed E-state index contributed by atoms with van der Waals surface area (Å²) in [5.41, 5.74) is 0.0412. The van der Waals surface area contributed by atoms with Gasteiger partial charge in [0, 0.05) is 17.5 Å². The topological polar surface area (TPSA) is 26.3 Å². The molecule has 2 rings (SSSR count). The quantitative estimate of drug-likeness (QED) is 0.706. The van der Waals surface area contributed by atoms with Gasteiger partial charge in [-0.2, -0.15) is 0 Å². The largest absolute Gasteiger partial charge is 0.367 e. The number of carbonyl (C=O) groups excluding carboxylic acids is 1. The lowest BCUT2D eigenvalue weighted by atomic mass is 9.86. The average molecular weight is 357 g/mol. The molecule has 0 N–H and O–H groups in total. The van der Waals surface area contributed by atoms with Crippen LogP contribution in [0.5, 0.6) is 0 Å². The second kappa shape index (κ2) is 7.50. The molecule has 0 spiro atoms. The number of ether oxygens (including phenoxy) is 1. The monoisotopic (exact) mass is 356 g/mol. The molecule has 0 saturated heterocycles. The normalized spacial score (nSPS) is 18.2. The van der Waals surface area contributed by atoms with Crippen molar-refractivity contribution >= 4 is 21.7 Å². The minimum atomic E-state index is -0.663. The van der Waals surface area contributed by atoms with Gasteiger partial charge in [-0.25, -0.2) is 4.39 Å². The van der Waals surface area contributed by atoms with Crippen LogP contribution in [0.4, 0.5) is 4.39 Å². The predicted molar refractivity (Wildman–Crippen MR) is 84.9 cm³/mol. The number of hydrogen-bond acceptors (Lipinski definition) is 2. The lowest BCUT2D eigenvalue weighted by molar-refractivity contribution is -0.145. The standard InChI is InChI=1S/C17H22BrFO2/c1-2-21-17(7-5-3-4-6-8-17)16(20)11-13-9-14(18)12-15(19)10-13/h9-10,12H,2-8,11H2,1H3. The molecule has 0 heterocycles. The van der Waals surface area contributed by atoms with Crippen LogP contribution in [0.1, 0.15) is 51.0 Å². The summed E-state index contributed by atoms with van der Waals surface area (Å²) in [5, 5.41) is 0. The molecule has 1 aromatic rings. The van der Waals surface area contributed by atoms with Gasteiger partial charge in [-0.05, 0) is 43.5 Å². The van der Waals surface area contributed by atoms with Crippen molar-refractivity contribution < 1.29 is 13.9 Å². The van der Waals surface area contributed by atoms with E-state index in [1.807, 2.05) is 6.92 Å². The van der Waals surface area contributed by atoms with Crippen molar-refractivity contribution in [3.05, 3.63) is 34.1 Å². The molecule has 1 aromatic carbocycles. The Bertz CT molecular complexity index is 473. The van der Waals surface area contributed by atoms with Crippen molar-refractivity contribution in [2.45, 2.75) is 57.5 Å². The third-order valence-corrected chi connectivity index (χ3v) is 4.58. The summed E-state index contributed by atoms with van der Waals surface area (Å²) in [6.07, 6.45) is 6.18. The van der Waals surface area contributed by atoms with Gasteiger partial charge in [0.2, 0.25) is 0 Å². The molecule has 1 fully saturated rings. The Kier molecular flexibility index (Phi) is 5.94. The molecule has 0 bridgehead atoms. The molecular formula is C17H22BrFO2. The van der Waals surface area contributed by atoms with Crippen LogP contribution in [0.3, 0.4) is 0 Å². The molecule has 4 heteroatoms. The summed E-state index contributed by atoms with van der Waals surface area (Å²) in [6.45, 7) is 2.47. The summed E-state index contributed by atoms with van der Waals surface area (Å²) < 4.78 is 20.0. The summed E-state index contributed by atoms with van der Waals surface area (Å²) >= 11 is 3.27. The van der Waals surface area contributed by atoms with Gasteiger partial charge < -0.3 is 4.74 Å². The fourth-order valence-corrected chi connectivity index (χ4v) is 3.65. The van der Waals surface area contributed by atoms with E-state index in [1.54, 1.807) is 6.07 Å². The highest BCUT2D eigenvalue weighted by atomic mass is 79.9. The zero-order valence-corrected chi connectivity index (χ0v) is 14.0. The Morgan fingerprint density at radius 3 is 2.48 bits per heavy atom. The summed E-state index contributed by atoms with van der Waals surface area (Å²) in [5.74, 6) is -0.234. The first-order valence-corrected chi connectivity index (χ1v) is 8.47. The maximum Gasteiger partial charge on any atom is 0.168 e. The zero-order chi connectivity index (χ0) is 15.3. The van der Waals surface area contributed by atoms with Crippen molar-refractivity contribution in [3.8, 4) is 0 Å². The van der Waals surface area contributed by atoms with Crippen LogP contribution >= 0.6 is 15.9 Å². The number of halogens is 2. The van der Waals surface area contributed by atoms with Crippen LogP contribution in [0.15, 0.2) is 22.7 Å². The van der Waals surface area contributed by atoms with Gasteiger partial charge in [-0.15, -0.1) is 0 Å². The highest BCUT2D eigenvalue weighted by Crippen LogP contribution is 2.32. The highest BCUT2D eigenvalue weighted by Gasteiger charge is 2.38. The van der Waals surface area contributed by atoms with E-state index in [1.165, 1.54) is 12.1 Å². The van der Waals surface area contributed by atoms with Gasteiger partial charge in [0.15, 0.2) is 5.78 Å². The summed E-state index contributed by atoms with van der Waals surface area (Å²) in [4.78, 5) is 12.8. The minimum absolute atomic E-state index is 0.0868. The predicted octanol–water partition coefficient (Wildman–Crippen LogP) is 4.83. The van der Waals surface area contributed by atoms with Crippen LogP contribution < -0.4 is 0 Å². The van der Waals surface area contributed by atoms with Crippen LogP contribution in [0.25, 0.3) is 0 Å². The first-order chi connectivity index (χ1) is 10.1. The molecule has 0 unspecified atom stereocenters. The van der Waals surface area contributed by atoms with Crippen LogP contribution in [0.2, 0.25) is 0 Å². The van der Waals surface area contributed by atoms with Crippen molar-refractivity contribution in [2.75, 3.05) is 6.61 Å². The van der Waals surface area contributed by atoms with E-state index in [2.05, 4.69) is 15.9 Å². The van der Waals surface area contributed by atoms with Gasteiger partial charge >= 0.3 is 0 Å². The zero-order valence-electron chi connectivity index (χ0n) is 12.5. The van der Waals surface area contributed by atoms with E-state index < -0.39 is 5.60 Å². The van der Waals surface area contributed by atoms with Crippen LogP contribution in [-0.4, -0.2) is 18.0 Å². The average Bonchev–Trinajstić information content (AvgIpc) is 2.64. The molecule has 0 aliphatic heterocycles. The fourth-order valence-electron chi connectivity index (χ4n) is 3.14. The number of ketones is 1. The molecule has 0 atom stereocenters. The molecule has 116 valence electrons. The number of Topliss-reactive ketones (excluding diaryl/α,β-unsaturated/α-hetero) is 1. The van der Waals surface area contributed by atoms with Crippen molar-refractivity contribution in [1.29, 1.82) is 0 Å². The molecule has 1 saturated carbocycles. The minimum Gasteiger partial charge on any atom is -0.367 e. The van der Waals surface area contributed by atoms with Crippen LogP contribution in [-0.2, 0) is 16.0 Å². The third-order valence-electron chi connectivity index (χ3n) is 4.13. The van der Waals surface area contributed by atoms with E-state index in [0.29, 0.717) is 16.6 Å². The van der Waals surface area contributed by atoms with E-state index >= 15 is 0 Å². The molecular weight excluding hydrogens is 335 g/mol. The second-order valence-corrected chi connectivity index (χ2v) is 6.63. The first-order valence-electron chi connectivity index (χ1n) is 7.68. The van der Waals surface area contributed by atoms with E-state index in [4.69, 9.17) is 4.74 Å². The molecule has 0 radical (unpaired) electrons. The fraction of sp³-hybridized carbons (Fsp3) is 0.588. The third kappa shape index (κ3) is 4.36. The van der Waals surface area contributed by atoms with Gasteiger partial charge in [0.1, 0.15) is 11.4 Å². The van der Waals surface area contributed by atoms with Gasteiger partial charge in [0.05, 0.1) is 0 Å². The smallest absolute Gasteiger partial charge is 0.168 e. The van der Waals surface area contributed by atoms with E-state index in [0.717, 1.165) is 38.5 Å². The van der Waals surface area contributed by atoms with Gasteiger partial charge in [-0.3, -0.25) is 4.79 Å². The van der Waals surface area contributed by atoms with Crippen molar-refractivity contribution in [1.82, 2.24) is 0 Å². The van der Waals surface area contributed by atoms with E-state index in [-0.39, 0.29) is 18.0 Å².